The number of carbonyl (C=O) groups is 1. The number of halogens is 1. The third-order valence-corrected chi connectivity index (χ3v) is 2.62. The number of hydrogen-bond donors (Lipinski definition) is 2. The van der Waals surface area contributed by atoms with Gasteiger partial charge in [0.05, 0.1) is 17.9 Å². The average molecular weight is 276 g/mol. The Balaban J connectivity index is 2.23. The van der Waals surface area contributed by atoms with Gasteiger partial charge in [0.1, 0.15) is 11.5 Å². The lowest BCUT2D eigenvalue weighted by Gasteiger charge is -2.11. The van der Waals surface area contributed by atoms with Gasteiger partial charge in [0.25, 0.3) is 0 Å². The maximum atomic E-state index is 12.8. The van der Waals surface area contributed by atoms with E-state index in [1.807, 2.05) is 0 Å². The maximum Gasteiger partial charge on any atom is 0.405 e. The molecule has 1 heterocycles. The average Bonchev–Trinajstić information content (AvgIpc) is 2.88. The van der Waals surface area contributed by atoms with Crippen molar-refractivity contribution < 1.29 is 14.3 Å². The minimum atomic E-state index is -1.15. The topological polar surface area (TPSA) is 80.0 Å². The van der Waals surface area contributed by atoms with Crippen LogP contribution in [0.1, 0.15) is 18.2 Å². The maximum absolute atomic E-state index is 12.8. The van der Waals surface area contributed by atoms with Crippen molar-refractivity contribution in [2.24, 2.45) is 0 Å². The first kappa shape index (κ1) is 13.7. The van der Waals surface area contributed by atoms with Crippen LogP contribution in [-0.4, -0.2) is 26.2 Å². The zero-order valence-electron chi connectivity index (χ0n) is 10.5. The third-order valence-electron chi connectivity index (χ3n) is 2.62. The lowest BCUT2D eigenvalue weighted by molar-refractivity contribution is 0.189. The van der Waals surface area contributed by atoms with Gasteiger partial charge in [0.2, 0.25) is 0 Å². The molecule has 0 radical (unpaired) electrons. The van der Waals surface area contributed by atoms with Crippen LogP contribution in [0.3, 0.4) is 0 Å². The second-order valence-corrected chi connectivity index (χ2v) is 4.06. The van der Waals surface area contributed by atoms with Crippen molar-refractivity contribution in [3.8, 4) is 5.69 Å². The summed E-state index contributed by atoms with van der Waals surface area (Å²) < 4.78 is 12.8. The van der Waals surface area contributed by atoms with E-state index in [1.54, 1.807) is 6.08 Å². The molecule has 0 aliphatic carbocycles. The molecule has 6 nitrogen and oxygen atoms in total. The van der Waals surface area contributed by atoms with Crippen molar-refractivity contribution in [1.29, 1.82) is 0 Å². The molecule has 0 aliphatic rings. The molecular formula is C13H13FN4O2. The molecule has 7 heteroatoms. The fourth-order valence-electron chi connectivity index (χ4n) is 1.70. The van der Waals surface area contributed by atoms with Gasteiger partial charge < -0.3 is 10.4 Å². The van der Waals surface area contributed by atoms with Gasteiger partial charge in [-0.25, -0.2) is 9.18 Å². The van der Waals surface area contributed by atoms with Crippen LogP contribution in [0.2, 0.25) is 0 Å². The number of nitrogens with zero attached hydrogens (tertiary/aromatic N) is 3. The largest absolute Gasteiger partial charge is 0.465 e. The Morgan fingerprint density at radius 1 is 1.50 bits per heavy atom. The number of benzene rings is 1. The van der Waals surface area contributed by atoms with E-state index in [0.717, 1.165) is 0 Å². The van der Waals surface area contributed by atoms with Crippen molar-refractivity contribution >= 4 is 6.09 Å². The lowest BCUT2D eigenvalue weighted by Crippen LogP contribution is -2.26. The summed E-state index contributed by atoms with van der Waals surface area (Å²) in [7, 11) is 0. The van der Waals surface area contributed by atoms with Crippen molar-refractivity contribution in [2.75, 3.05) is 0 Å². The Labute approximate surface area is 114 Å². The van der Waals surface area contributed by atoms with Crippen LogP contribution in [0.5, 0.6) is 0 Å². The summed E-state index contributed by atoms with van der Waals surface area (Å²) in [5, 5.41) is 19.4. The highest BCUT2D eigenvalue weighted by molar-refractivity contribution is 5.65. The second-order valence-electron chi connectivity index (χ2n) is 4.06. The summed E-state index contributed by atoms with van der Waals surface area (Å²) in [5.41, 5.74) is 1.06. The minimum Gasteiger partial charge on any atom is -0.465 e. The van der Waals surface area contributed by atoms with Crippen LogP contribution in [0, 0.1) is 5.82 Å². The first-order valence-electron chi connectivity index (χ1n) is 5.88. The molecule has 1 atom stereocenters. The first-order valence-corrected chi connectivity index (χ1v) is 5.88. The number of nitrogens with one attached hydrogen (secondary N) is 1. The van der Waals surface area contributed by atoms with Crippen LogP contribution >= 0.6 is 0 Å². The monoisotopic (exact) mass is 276 g/mol. The molecule has 0 fully saturated rings. The van der Waals surface area contributed by atoms with Gasteiger partial charge in [-0.2, -0.15) is 15.0 Å². The zero-order valence-corrected chi connectivity index (χ0v) is 10.5. The van der Waals surface area contributed by atoms with Crippen LogP contribution < -0.4 is 5.32 Å². The van der Waals surface area contributed by atoms with Crippen molar-refractivity contribution in [1.82, 2.24) is 20.3 Å². The van der Waals surface area contributed by atoms with E-state index in [9.17, 15) is 9.18 Å². The van der Waals surface area contributed by atoms with E-state index in [-0.39, 0.29) is 5.82 Å². The standard InChI is InChI=1S/C13H13FN4O2/c1-2-3-11(16-13(19)20)12-8-15-18(17-12)10-6-4-9(14)5-7-10/h2,4-8,11,16H,1,3H2,(H,19,20). The first-order chi connectivity index (χ1) is 9.60. The van der Waals surface area contributed by atoms with E-state index in [0.29, 0.717) is 17.8 Å². The molecule has 0 bridgehead atoms. The Morgan fingerprint density at radius 2 is 2.20 bits per heavy atom. The highest BCUT2D eigenvalue weighted by Crippen LogP contribution is 2.15. The molecule has 1 aromatic carbocycles. The summed E-state index contributed by atoms with van der Waals surface area (Å²) in [6.45, 7) is 3.58. The summed E-state index contributed by atoms with van der Waals surface area (Å²) in [5.74, 6) is -0.349. The van der Waals surface area contributed by atoms with Gasteiger partial charge in [-0.15, -0.1) is 6.58 Å². The van der Waals surface area contributed by atoms with Gasteiger partial charge in [-0.1, -0.05) is 6.08 Å². The molecule has 1 amide bonds. The molecule has 2 N–H and O–H groups in total. The third kappa shape index (κ3) is 3.19. The number of amides is 1. The molecule has 0 saturated heterocycles. The molecule has 20 heavy (non-hydrogen) atoms. The van der Waals surface area contributed by atoms with Gasteiger partial charge in [0.15, 0.2) is 0 Å². The van der Waals surface area contributed by atoms with Crippen LogP contribution in [0.25, 0.3) is 5.69 Å². The fourth-order valence-corrected chi connectivity index (χ4v) is 1.70. The van der Waals surface area contributed by atoms with Crippen molar-refractivity contribution in [3.05, 3.63) is 54.6 Å². The van der Waals surface area contributed by atoms with Gasteiger partial charge in [-0.05, 0) is 30.7 Å². The van der Waals surface area contributed by atoms with E-state index < -0.39 is 12.1 Å². The van der Waals surface area contributed by atoms with Gasteiger partial charge in [0, 0.05) is 0 Å². The molecule has 2 rings (SSSR count). The molecule has 1 unspecified atom stereocenters. The molecule has 2 aromatic rings. The van der Waals surface area contributed by atoms with E-state index in [1.165, 1.54) is 35.3 Å². The smallest absolute Gasteiger partial charge is 0.405 e. The number of aromatic nitrogens is 3. The number of carboxylic acid groups (broad SMARTS) is 1. The normalized spacial score (nSPS) is 11.8. The zero-order chi connectivity index (χ0) is 14.5. The number of rotatable bonds is 5. The van der Waals surface area contributed by atoms with E-state index >= 15 is 0 Å². The predicted octanol–water partition coefficient (Wildman–Crippen LogP) is 2.29. The molecule has 0 saturated carbocycles. The Hall–Kier alpha value is -2.70. The highest BCUT2D eigenvalue weighted by atomic mass is 19.1. The van der Waals surface area contributed by atoms with Crippen molar-refractivity contribution in [3.63, 3.8) is 0 Å². The molecular weight excluding hydrogens is 263 g/mol. The van der Waals surface area contributed by atoms with Crippen LogP contribution in [0.15, 0.2) is 43.1 Å². The fraction of sp³-hybridized carbons (Fsp3) is 0.154. The second kappa shape index (κ2) is 5.96. The summed E-state index contributed by atoms with van der Waals surface area (Å²) in [6.07, 6.45) is 2.31. The summed E-state index contributed by atoms with van der Waals surface area (Å²) in [4.78, 5) is 12.0. The molecule has 0 aliphatic heterocycles. The quantitative estimate of drug-likeness (QED) is 0.821. The Bertz CT molecular complexity index is 609. The van der Waals surface area contributed by atoms with E-state index in [4.69, 9.17) is 5.11 Å². The molecule has 104 valence electrons. The highest BCUT2D eigenvalue weighted by Gasteiger charge is 2.16. The van der Waals surface area contributed by atoms with Crippen LogP contribution in [-0.2, 0) is 0 Å². The SMILES string of the molecule is C=CCC(NC(=O)O)c1cnn(-c2ccc(F)cc2)n1. The lowest BCUT2D eigenvalue weighted by atomic mass is 10.1. The Kier molecular flexibility index (Phi) is 4.09. The van der Waals surface area contributed by atoms with E-state index in [2.05, 4.69) is 22.1 Å². The Morgan fingerprint density at radius 3 is 2.80 bits per heavy atom. The van der Waals surface area contributed by atoms with Crippen LogP contribution in [0.4, 0.5) is 9.18 Å². The minimum absolute atomic E-state index is 0.349. The summed E-state index contributed by atoms with van der Waals surface area (Å²) >= 11 is 0. The predicted molar refractivity (Wildman–Crippen MR) is 70.0 cm³/mol. The van der Waals surface area contributed by atoms with Gasteiger partial charge >= 0.3 is 6.09 Å². The molecule has 1 aromatic heterocycles. The van der Waals surface area contributed by atoms with Crippen molar-refractivity contribution in [2.45, 2.75) is 12.5 Å². The summed E-state index contributed by atoms with van der Waals surface area (Å²) in [6, 6.07) is 5.15. The number of hydrogen-bond acceptors (Lipinski definition) is 3. The molecule has 0 spiro atoms. The van der Waals surface area contributed by atoms with Gasteiger partial charge in [-0.3, -0.25) is 0 Å².